The number of nitrogens with one attached hydrogen (secondary N) is 1. The molecule has 170 valence electrons. The molecule has 0 fully saturated rings. The van der Waals surface area contributed by atoms with Crippen molar-refractivity contribution in [3.8, 4) is 0 Å². The average molecular weight is 452 g/mol. The Morgan fingerprint density at radius 1 is 0.882 bits per heavy atom. The first-order valence-electron chi connectivity index (χ1n) is 10.6. The van der Waals surface area contributed by atoms with Crippen LogP contribution in [0.1, 0.15) is 22.8 Å². The second-order valence-electron chi connectivity index (χ2n) is 7.70. The van der Waals surface area contributed by atoms with Crippen LogP contribution >= 0.6 is 0 Å². The third-order valence-electron chi connectivity index (χ3n) is 5.35. The molecule has 0 spiro atoms. The lowest BCUT2D eigenvalue weighted by molar-refractivity contribution is 0.0993. The molecule has 0 radical (unpaired) electrons. The van der Waals surface area contributed by atoms with Gasteiger partial charge in [0.2, 0.25) is 5.96 Å². The van der Waals surface area contributed by atoms with Gasteiger partial charge in [0.05, 0.1) is 11.2 Å². The molecule has 0 atom stereocenters. The lowest BCUT2D eigenvalue weighted by atomic mass is 10.1. The SMILES string of the molecule is C/C(=N\N=C(N)N)c1ccc(N(C)C(=O)c2ccc(Nc3ccnc4ccccc34)cc2)cc1. The van der Waals surface area contributed by atoms with Gasteiger partial charge >= 0.3 is 0 Å². The highest BCUT2D eigenvalue weighted by Crippen LogP contribution is 2.25. The van der Waals surface area contributed by atoms with Crippen molar-refractivity contribution in [3.05, 3.63) is 96.2 Å². The maximum atomic E-state index is 13.0. The van der Waals surface area contributed by atoms with Gasteiger partial charge in [-0.1, -0.05) is 30.3 Å². The zero-order chi connectivity index (χ0) is 24.1. The lowest BCUT2D eigenvalue weighted by Gasteiger charge is -2.18. The van der Waals surface area contributed by atoms with E-state index in [0.717, 1.165) is 33.5 Å². The molecule has 0 aliphatic heterocycles. The van der Waals surface area contributed by atoms with E-state index in [2.05, 4.69) is 20.5 Å². The first-order valence-corrected chi connectivity index (χ1v) is 10.6. The van der Waals surface area contributed by atoms with Gasteiger partial charge in [-0.05, 0) is 61.0 Å². The van der Waals surface area contributed by atoms with Crippen LogP contribution in [0.15, 0.2) is 95.3 Å². The smallest absolute Gasteiger partial charge is 0.258 e. The quantitative estimate of drug-likeness (QED) is 0.230. The van der Waals surface area contributed by atoms with E-state index in [-0.39, 0.29) is 11.9 Å². The number of anilines is 3. The molecular weight excluding hydrogens is 426 g/mol. The van der Waals surface area contributed by atoms with Gasteiger partial charge in [0.1, 0.15) is 0 Å². The van der Waals surface area contributed by atoms with Crippen molar-refractivity contribution in [2.45, 2.75) is 6.92 Å². The number of benzene rings is 3. The lowest BCUT2D eigenvalue weighted by Crippen LogP contribution is -2.26. The Balaban J connectivity index is 1.47. The normalized spacial score (nSPS) is 11.2. The Hall–Kier alpha value is -4.72. The fourth-order valence-electron chi connectivity index (χ4n) is 3.48. The summed E-state index contributed by atoms with van der Waals surface area (Å²) in [6.45, 7) is 1.81. The van der Waals surface area contributed by atoms with Crippen LogP contribution in [0.4, 0.5) is 17.1 Å². The van der Waals surface area contributed by atoms with Crippen molar-refractivity contribution < 1.29 is 4.79 Å². The number of hydrogen-bond donors (Lipinski definition) is 3. The Morgan fingerprint density at radius 2 is 1.56 bits per heavy atom. The molecule has 0 unspecified atom stereocenters. The largest absolute Gasteiger partial charge is 0.369 e. The molecule has 5 N–H and O–H groups in total. The minimum atomic E-state index is -0.112. The number of carbonyl (C=O) groups excluding carboxylic acids is 1. The first kappa shape index (κ1) is 22.5. The van der Waals surface area contributed by atoms with Gasteiger partial charge in [0, 0.05) is 41.3 Å². The zero-order valence-electron chi connectivity index (χ0n) is 18.9. The predicted octanol–water partition coefficient (Wildman–Crippen LogP) is 4.25. The van der Waals surface area contributed by atoms with Crippen LogP contribution in [0, 0.1) is 0 Å². The van der Waals surface area contributed by atoms with E-state index in [4.69, 9.17) is 11.5 Å². The van der Waals surface area contributed by atoms with Gasteiger partial charge in [0.25, 0.3) is 5.91 Å². The monoisotopic (exact) mass is 451 g/mol. The summed E-state index contributed by atoms with van der Waals surface area (Å²) >= 11 is 0. The van der Waals surface area contributed by atoms with Crippen molar-refractivity contribution in [1.82, 2.24) is 4.98 Å². The average Bonchev–Trinajstić information content (AvgIpc) is 2.87. The minimum absolute atomic E-state index is 0.100. The molecule has 3 aromatic carbocycles. The molecule has 0 bridgehead atoms. The van der Waals surface area contributed by atoms with E-state index in [9.17, 15) is 4.79 Å². The Labute approximate surface area is 197 Å². The highest BCUT2D eigenvalue weighted by Gasteiger charge is 2.14. The summed E-state index contributed by atoms with van der Waals surface area (Å²) in [4.78, 5) is 19.0. The standard InChI is InChI=1S/C26H25N7O/c1-17(31-32-26(27)28)18-9-13-21(14-10-18)33(2)25(34)19-7-11-20(12-8-19)30-24-15-16-29-23-6-4-3-5-22(23)24/h3-16H,1-2H3,(H,29,30)(H4,27,28,32)/b31-17+. The molecule has 0 aliphatic carbocycles. The van der Waals surface area contributed by atoms with Crippen LogP contribution in [-0.2, 0) is 0 Å². The number of amides is 1. The molecule has 1 amide bonds. The summed E-state index contributed by atoms with van der Waals surface area (Å²) in [5, 5.41) is 12.1. The third-order valence-corrected chi connectivity index (χ3v) is 5.35. The Bertz CT molecular complexity index is 1370. The summed E-state index contributed by atoms with van der Waals surface area (Å²) in [5.41, 5.74) is 16.3. The van der Waals surface area contributed by atoms with Crippen LogP contribution in [-0.4, -0.2) is 29.6 Å². The van der Waals surface area contributed by atoms with Crippen molar-refractivity contribution in [2.24, 2.45) is 21.7 Å². The number of carbonyl (C=O) groups is 1. The van der Waals surface area contributed by atoms with Crippen LogP contribution in [0.5, 0.6) is 0 Å². The molecule has 0 saturated carbocycles. The highest BCUT2D eigenvalue weighted by atomic mass is 16.2. The number of nitrogens with two attached hydrogens (primary N) is 2. The van der Waals surface area contributed by atoms with E-state index in [1.165, 1.54) is 0 Å². The topological polar surface area (TPSA) is 122 Å². The molecule has 1 aromatic heterocycles. The number of rotatable bonds is 6. The Kier molecular flexibility index (Phi) is 6.49. The maximum Gasteiger partial charge on any atom is 0.258 e. The second-order valence-corrected chi connectivity index (χ2v) is 7.70. The van der Waals surface area contributed by atoms with Crippen LogP contribution in [0.25, 0.3) is 10.9 Å². The molecule has 0 saturated heterocycles. The summed E-state index contributed by atoms with van der Waals surface area (Å²) in [6.07, 6.45) is 1.77. The number of para-hydroxylation sites is 1. The van der Waals surface area contributed by atoms with E-state index < -0.39 is 0 Å². The van der Waals surface area contributed by atoms with E-state index >= 15 is 0 Å². The zero-order valence-corrected chi connectivity index (χ0v) is 18.9. The number of nitrogens with zero attached hydrogens (tertiary/aromatic N) is 4. The fraction of sp³-hybridized carbons (Fsp3) is 0.0769. The second kappa shape index (κ2) is 9.83. The van der Waals surface area contributed by atoms with Crippen molar-refractivity contribution in [1.29, 1.82) is 0 Å². The van der Waals surface area contributed by atoms with Gasteiger partial charge in [-0.3, -0.25) is 9.78 Å². The summed E-state index contributed by atoms with van der Waals surface area (Å²) in [5.74, 6) is -0.212. The van der Waals surface area contributed by atoms with Crippen LogP contribution in [0.3, 0.4) is 0 Å². The van der Waals surface area contributed by atoms with Gasteiger partial charge < -0.3 is 21.7 Å². The molecule has 0 aliphatic rings. The number of aromatic nitrogens is 1. The van der Waals surface area contributed by atoms with Crippen molar-refractivity contribution in [3.63, 3.8) is 0 Å². The molecule has 4 aromatic rings. The maximum absolute atomic E-state index is 13.0. The number of pyridine rings is 1. The first-order chi connectivity index (χ1) is 16.4. The Morgan fingerprint density at radius 3 is 2.26 bits per heavy atom. The fourth-order valence-corrected chi connectivity index (χ4v) is 3.48. The minimum Gasteiger partial charge on any atom is -0.369 e. The van der Waals surface area contributed by atoms with Crippen LogP contribution < -0.4 is 21.7 Å². The molecule has 4 rings (SSSR count). The van der Waals surface area contributed by atoms with Crippen LogP contribution in [0.2, 0.25) is 0 Å². The molecule has 34 heavy (non-hydrogen) atoms. The predicted molar refractivity (Wildman–Crippen MR) is 139 cm³/mol. The van der Waals surface area contributed by atoms with Gasteiger partial charge in [-0.25, -0.2) is 0 Å². The van der Waals surface area contributed by atoms with Gasteiger partial charge in [0.15, 0.2) is 0 Å². The number of fused-ring (bicyclic) bond motifs is 1. The molecule has 8 nitrogen and oxygen atoms in total. The van der Waals surface area contributed by atoms with Crippen molar-refractivity contribution >= 4 is 45.5 Å². The van der Waals surface area contributed by atoms with E-state index in [1.807, 2.05) is 78.9 Å². The third kappa shape index (κ3) is 5.02. The van der Waals surface area contributed by atoms with Crippen molar-refractivity contribution in [2.75, 3.05) is 17.3 Å². The number of guanidine groups is 1. The van der Waals surface area contributed by atoms with Gasteiger partial charge in [-0.15, -0.1) is 5.10 Å². The number of hydrogen-bond acceptors (Lipinski definition) is 5. The van der Waals surface area contributed by atoms with E-state index in [0.29, 0.717) is 11.3 Å². The summed E-state index contributed by atoms with van der Waals surface area (Å²) in [6, 6.07) is 24.7. The highest BCUT2D eigenvalue weighted by molar-refractivity contribution is 6.06. The molecule has 1 heterocycles. The summed E-state index contributed by atoms with van der Waals surface area (Å²) < 4.78 is 0. The van der Waals surface area contributed by atoms with Gasteiger partial charge in [-0.2, -0.15) is 5.10 Å². The summed E-state index contributed by atoms with van der Waals surface area (Å²) in [7, 11) is 1.74. The molecule has 8 heteroatoms. The van der Waals surface area contributed by atoms with E-state index in [1.54, 1.807) is 25.1 Å². The molecular formula is C26H25N7O.